The van der Waals surface area contributed by atoms with Crippen molar-refractivity contribution in [2.75, 3.05) is 31.6 Å². The van der Waals surface area contributed by atoms with Gasteiger partial charge in [0.2, 0.25) is 0 Å². The Hall–Kier alpha value is -2.38. The van der Waals surface area contributed by atoms with Crippen molar-refractivity contribution < 1.29 is 9.53 Å². The van der Waals surface area contributed by atoms with Crippen LogP contribution in [0.15, 0.2) is 12.7 Å². The number of hydrogen-bond acceptors (Lipinski definition) is 6. The molecule has 25 heavy (non-hydrogen) atoms. The highest BCUT2D eigenvalue weighted by molar-refractivity contribution is 5.82. The first-order valence-electron chi connectivity index (χ1n) is 8.66. The van der Waals surface area contributed by atoms with Crippen LogP contribution in [-0.4, -0.2) is 63.2 Å². The number of carbonyl (C=O) groups is 1. The molecule has 0 aromatic carbocycles. The Kier molecular flexibility index (Phi) is 4.78. The number of nitrogens with zero attached hydrogens (tertiary/aromatic N) is 5. The quantitative estimate of drug-likeness (QED) is 0.918. The van der Waals surface area contributed by atoms with E-state index >= 15 is 0 Å². The maximum Gasteiger partial charge on any atom is 0.410 e. The number of amides is 1. The molecule has 136 valence electrons. The first-order chi connectivity index (χ1) is 11.8. The molecule has 8 heteroatoms. The van der Waals surface area contributed by atoms with Crippen LogP contribution in [0.2, 0.25) is 0 Å². The lowest BCUT2D eigenvalue weighted by Gasteiger charge is -2.35. The first-order valence-corrected chi connectivity index (χ1v) is 8.66. The topological polar surface area (TPSA) is 87.2 Å². The van der Waals surface area contributed by atoms with Gasteiger partial charge >= 0.3 is 6.09 Å². The van der Waals surface area contributed by atoms with Gasteiger partial charge < -0.3 is 19.5 Å². The molecule has 1 aliphatic rings. The molecule has 2 aromatic heterocycles. The van der Waals surface area contributed by atoms with Gasteiger partial charge in [-0.1, -0.05) is 0 Å². The lowest BCUT2D eigenvalue weighted by Crippen LogP contribution is -2.43. The van der Waals surface area contributed by atoms with Crippen molar-refractivity contribution in [1.82, 2.24) is 24.8 Å². The molecule has 0 spiro atoms. The summed E-state index contributed by atoms with van der Waals surface area (Å²) in [6.07, 6.45) is 5.06. The van der Waals surface area contributed by atoms with E-state index in [1.165, 1.54) is 0 Å². The minimum absolute atomic E-state index is 0.275. The zero-order valence-corrected chi connectivity index (χ0v) is 15.3. The number of anilines is 1. The van der Waals surface area contributed by atoms with Gasteiger partial charge in [0.15, 0.2) is 11.5 Å². The maximum atomic E-state index is 12.2. The van der Waals surface area contributed by atoms with Gasteiger partial charge in [0.05, 0.1) is 6.33 Å². The van der Waals surface area contributed by atoms with Crippen LogP contribution in [-0.2, 0) is 4.74 Å². The van der Waals surface area contributed by atoms with Gasteiger partial charge in [-0.3, -0.25) is 0 Å². The third kappa shape index (κ3) is 4.18. The summed E-state index contributed by atoms with van der Waals surface area (Å²) >= 11 is 0. The van der Waals surface area contributed by atoms with E-state index < -0.39 is 5.60 Å². The number of imidazole rings is 1. The monoisotopic (exact) mass is 346 g/mol. The summed E-state index contributed by atoms with van der Waals surface area (Å²) in [6, 6.07) is 0. The van der Waals surface area contributed by atoms with E-state index in [1.807, 2.05) is 20.8 Å². The van der Waals surface area contributed by atoms with Crippen LogP contribution >= 0.6 is 0 Å². The van der Waals surface area contributed by atoms with Crippen LogP contribution in [0.5, 0.6) is 0 Å². The Morgan fingerprint density at radius 1 is 1.40 bits per heavy atom. The molecule has 1 atom stereocenters. The molecule has 1 fully saturated rings. The fourth-order valence-corrected chi connectivity index (χ4v) is 3.20. The maximum absolute atomic E-state index is 12.2. The van der Waals surface area contributed by atoms with Crippen molar-refractivity contribution in [2.24, 2.45) is 5.92 Å². The molecule has 3 heterocycles. The van der Waals surface area contributed by atoms with E-state index in [0.717, 1.165) is 37.3 Å². The van der Waals surface area contributed by atoms with Crippen LogP contribution in [0.25, 0.3) is 11.2 Å². The zero-order valence-electron chi connectivity index (χ0n) is 15.3. The van der Waals surface area contributed by atoms with E-state index in [0.29, 0.717) is 18.1 Å². The Morgan fingerprint density at radius 3 is 2.96 bits per heavy atom. The molecule has 1 aliphatic heterocycles. The number of hydrogen-bond donors (Lipinski definition) is 1. The Bertz CT molecular complexity index is 738. The molecule has 1 unspecified atom stereocenters. The fourth-order valence-electron chi connectivity index (χ4n) is 3.20. The molecule has 0 radical (unpaired) electrons. The molecule has 1 amide bonds. The van der Waals surface area contributed by atoms with Gasteiger partial charge in [0.1, 0.15) is 17.4 Å². The second-order valence-corrected chi connectivity index (χ2v) is 7.61. The van der Waals surface area contributed by atoms with Crippen molar-refractivity contribution in [1.29, 1.82) is 0 Å². The molecule has 1 saturated heterocycles. The minimum Gasteiger partial charge on any atom is -0.444 e. The van der Waals surface area contributed by atoms with Gasteiger partial charge in [0.25, 0.3) is 0 Å². The van der Waals surface area contributed by atoms with Crippen molar-refractivity contribution >= 4 is 23.1 Å². The van der Waals surface area contributed by atoms with Crippen LogP contribution in [0.1, 0.15) is 33.6 Å². The molecule has 3 rings (SSSR count). The van der Waals surface area contributed by atoms with Crippen molar-refractivity contribution in [3.63, 3.8) is 0 Å². The zero-order chi connectivity index (χ0) is 18.0. The molecule has 2 aromatic rings. The Balaban J connectivity index is 1.65. The number of carbonyl (C=O) groups excluding carboxylic acids is 1. The average Bonchev–Trinajstić information content (AvgIpc) is 3.02. The molecule has 8 nitrogen and oxygen atoms in total. The number of aromatic amines is 1. The van der Waals surface area contributed by atoms with Crippen LogP contribution < -0.4 is 4.90 Å². The van der Waals surface area contributed by atoms with Crippen LogP contribution in [0.3, 0.4) is 0 Å². The Morgan fingerprint density at radius 2 is 2.20 bits per heavy atom. The van der Waals surface area contributed by atoms with Crippen molar-refractivity contribution in [3.05, 3.63) is 12.7 Å². The number of nitrogens with one attached hydrogen (secondary N) is 1. The normalized spacial score (nSPS) is 18.4. The number of piperidine rings is 1. The predicted molar refractivity (Wildman–Crippen MR) is 95.5 cm³/mol. The molecular weight excluding hydrogens is 320 g/mol. The largest absolute Gasteiger partial charge is 0.444 e. The van der Waals surface area contributed by atoms with E-state index in [-0.39, 0.29) is 6.09 Å². The van der Waals surface area contributed by atoms with Gasteiger partial charge in [-0.05, 0) is 39.5 Å². The molecule has 0 saturated carbocycles. The lowest BCUT2D eigenvalue weighted by molar-refractivity contribution is 0.0269. The number of ether oxygens (including phenoxy) is 1. The first kappa shape index (κ1) is 17.4. The summed E-state index contributed by atoms with van der Waals surface area (Å²) in [6.45, 7) is 8.10. The Labute approximate surface area is 147 Å². The molecular formula is C17H26N6O2. The predicted octanol–water partition coefficient (Wildman–Crippen LogP) is 2.44. The number of fused-ring (bicyclic) bond motifs is 1. The van der Waals surface area contributed by atoms with Crippen LogP contribution in [0.4, 0.5) is 10.6 Å². The summed E-state index contributed by atoms with van der Waals surface area (Å²) in [7, 11) is 1.80. The second kappa shape index (κ2) is 6.85. The highest BCUT2D eigenvalue weighted by Gasteiger charge is 2.27. The van der Waals surface area contributed by atoms with E-state index in [2.05, 4.69) is 24.8 Å². The standard InChI is InChI=1S/C17H26N6O2/c1-17(2,3)25-16(24)22(4)8-12-6-5-7-23(9-12)15-13-14(19-10-18-13)20-11-21-15/h10-12H,5-9H2,1-4H3,(H,18,19,20,21). The number of aromatic nitrogens is 4. The van der Waals surface area contributed by atoms with Gasteiger partial charge in [-0.25, -0.2) is 19.7 Å². The van der Waals surface area contributed by atoms with Crippen LogP contribution in [0, 0.1) is 5.92 Å². The third-order valence-electron chi connectivity index (χ3n) is 4.26. The van der Waals surface area contributed by atoms with E-state index in [9.17, 15) is 4.79 Å². The number of H-pyrrole nitrogens is 1. The summed E-state index contributed by atoms with van der Waals surface area (Å²) in [5.74, 6) is 1.26. The second-order valence-electron chi connectivity index (χ2n) is 7.61. The van der Waals surface area contributed by atoms with Gasteiger partial charge in [0, 0.05) is 26.7 Å². The summed E-state index contributed by atoms with van der Waals surface area (Å²) in [4.78, 5) is 32.0. The fraction of sp³-hybridized carbons (Fsp3) is 0.647. The van der Waals surface area contributed by atoms with Crippen molar-refractivity contribution in [3.8, 4) is 0 Å². The summed E-state index contributed by atoms with van der Waals surface area (Å²) in [5.41, 5.74) is 1.07. The van der Waals surface area contributed by atoms with E-state index in [4.69, 9.17) is 4.74 Å². The highest BCUT2D eigenvalue weighted by Crippen LogP contribution is 2.26. The SMILES string of the molecule is CN(CC1CCCN(c2ncnc3nc[nH]c23)C1)C(=O)OC(C)(C)C. The smallest absolute Gasteiger partial charge is 0.410 e. The van der Waals surface area contributed by atoms with Gasteiger partial charge in [-0.2, -0.15) is 0 Å². The van der Waals surface area contributed by atoms with Crippen molar-refractivity contribution in [2.45, 2.75) is 39.2 Å². The van der Waals surface area contributed by atoms with Gasteiger partial charge in [-0.15, -0.1) is 0 Å². The highest BCUT2D eigenvalue weighted by atomic mass is 16.6. The van der Waals surface area contributed by atoms with E-state index in [1.54, 1.807) is 24.6 Å². The number of rotatable bonds is 3. The summed E-state index contributed by atoms with van der Waals surface area (Å²) in [5, 5.41) is 0. The lowest BCUT2D eigenvalue weighted by atomic mass is 9.97. The minimum atomic E-state index is -0.475. The molecule has 1 N–H and O–H groups in total. The molecule has 0 aliphatic carbocycles. The summed E-state index contributed by atoms with van der Waals surface area (Å²) < 4.78 is 5.44. The average molecular weight is 346 g/mol. The molecule has 0 bridgehead atoms. The third-order valence-corrected chi connectivity index (χ3v) is 4.26.